The molecule has 0 spiro atoms. The zero-order valence-electron chi connectivity index (χ0n) is 10.9. The molecule has 0 aromatic heterocycles. The molecule has 0 aliphatic rings. The molecule has 2 rings (SSSR count). The average Bonchev–Trinajstić information content (AvgIpc) is 2.42. The highest BCUT2D eigenvalue weighted by molar-refractivity contribution is 6.31. The molecule has 0 fully saturated rings. The van der Waals surface area contributed by atoms with Gasteiger partial charge in [0.25, 0.3) is 0 Å². The van der Waals surface area contributed by atoms with Crippen molar-refractivity contribution >= 4 is 17.9 Å². The molecular weight excluding hydrogens is 260 g/mol. The molecule has 0 heterocycles. The van der Waals surface area contributed by atoms with Crippen LogP contribution in [-0.2, 0) is 6.61 Å². The average molecular weight is 275 g/mol. The Balaban J connectivity index is 2.27. The van der Waals surface area contributed by atoms with E-state index in [1.807, 2.05) is 44.2 Å². The minimum absolute atomic E-state index is 0.352. The number of aryl methyl sites for hydroxylation is 1. The summed E-state index contributed by atoms with van der Waals surface area (Å²) in [6, 6.07) is 11.2. The van der Waals surface area contributed by atoms with Gasteiger partial charge >= 0.3 is 0 Å². The van der Waals surface area contributed by atoms with E-state index < -0.39 is 0 Å². The zero-order chi connectivity index (χ0) is 13.8. The van der Waals surface area contributed by atoms with Crippen molar-refractivity contribution in [1.82, 2.24) is 0 Å². The summed E-state index contributed by atoms with van der Waals surface area (Å²) in [5.41, 5.74) is 3.55. The van der Waals surface area contributed by atoms with Crippen molar-refractivity contribution in [2.75, 3.05) is 0 Å². The second-order valence-electron chi connectivity index (χ2n) is 4.42. The second-order valence-corrected chi connectivity index (χ2v) is 4.83. The van der Waals surface area contributed by atoms with Crippen LogP contribution in [0.1, 0.15) is 27.0 Å². The van der Waals surface area contributed by atoms with Crippen molar-refractivity contribution in [3.63, 3.8) is 0 Å². The molecule has 3 heteroatoms. The van der Waals surface area contributed by atoms with Crippen molar-refractivity contribution in [2.24, 2.45) is 0 Å². The van der Waals surface area contributed by atoms with Gasteiger partial charge in [0.05, 0.1) is 5.56 Å². The SMILES string of the molecule is Cc1ccc(C=O)c(OCc2ccccc2Cl)c1C. The zero-order valence-corrected chi connectivity index (χ0v) is 11.7. The Hall–Kier alpha value is -1.80. The van der Waals surface area contributed by atoms with Gasteiger partial charge in [-0.15, -0.1) is 0 Å². The van der Waals surface area contributed by atoms with Crippen molar-refractivity contribution in [1.29, 1.82) is 0 Å². The van der Waals surface area contributed by atoms with Gasteiger partial charge in [-0.25, -0.2) is 0 Å². The summed E-state index contributed by atoms with van der Waals surface area (Å²) in [5, 5.41) is 0.667. The molecule has 0 radical (unpaired) electrons. The number of ether oxygens (including phenoxy) is 1. The van der Waals surface area contributed by atoms with Crippen molar-refractivity contribution in [3.05, 3.63) is 63.7 Å². The van der Waals surface area contributed by atoms with E-state index >= 15 is 0 Å². The van der Waals surface area contributed by atoms with E-state index in [0.29, 0.717) is 22.9 Å². The maximum atomic E-state index is 11.1. The molecule has 0 aliphatic carbocycles. The van der Waals surface area contributed by atoms with Crippen LogP contribution < -0.4 is 4.74 Å². The van der Waals surface area contributed by atoms with Gasteiger partial charge in [-0.1, -0.05) is 35.9 Å². The molecule has 0 saturated carbocycles. The molecule has 0 unspecified atom stereocenters. The minimum atomic E-state index is 0.352. The number of hydrogen-bond acceptors (Lipinski definition) is 2. The predicted octanol–water partition coefficient (Wildman–Crippen LogP) is 4.35. The second kappa shape index (κ2) is 5.89. The lowest BCUT2D eigenvalue weighted by Gasteiger charge is -2.14. The molecule has 0 amide bonds. The van der Waals surface area contributed by atoms with Crippen LogP contribution in [-0.4, -0.2) is 6.29 Å². The largest absolute Gasteiger partial charge is 0.488 e. The highest BCUT2D eigenvalue weighted by Gasteiger charge is 2.10. The van der Waals surface area contributed by atoms with Crippen LogP contribution in [0.5, 0.6) is 5.75 Å². The molecule has 2 aromatic rings. The Labute approximate surface area is 118 Å². The predicted molar refractivity (Wildman–Crippen MR) is 77.1 cm³/mol. The summed E-state index contributed by atoms with van der Waals surface area (Å²) in [7, 11) is 0. The van der Waals surface area contributed by atoms with Crippen molar-refractivity contribution in [2.45, 2.75) is 20.5 Å². The molecule has 98 valence electrons. The third-order valence-corrected chi connectivity index (χ3v) is 3.53. The van der Waals surface area contributed by atoms with Gasteiger partial charge in [-0.2, -0.15) is 0 Å². The summed E-state index contributed by atoms with van der Waals surface area (Å²) in [6.45, 7) is 4.29. The first-order valence-corrected chi connectivity index (χ1v) is 6.43. The fraction of sp³-hybridized carbons (Fsp3) is 0.188. The topological polar surface area (TPSA) is 26.3 Å². The third kappa shape index (κ3) is 2.96. The monoisotopic (exact) mass is 274 g/mol. The Morgan fingerprint density at radius 3 is 2.58 bits per heavy atom. The number of halogens is 1. The quantitative estimate of drug-likeness (QED) is 0.775. The van der Waals surface area contributed by atoms with Gasteiger partial charge in [-0.05, 0) is 37.1 Å². The summed E-state index contributed by atoms with van der Waals surface area (Å²) < 4.78 is 5.79. The lowest BCUT2D eigenvalue weighted by atomic mass is 10.1. The first-order chi connectivity index (χ1) is 9.13. The van der Waals surface area contributed by atoms with Crippen LogP contribution in [0, 0.1) is 13.8 Å². The van der Waals surface area contributed by atoms with Gasteiger partial charge in [0.15, 0.2) is 6.29 Å². The summed E-state index contributed by atoms with van der Waals surface area (Å²) in [5.74, 6) is 0.634. The lowest BCUT2D eigenvalue weighted by molar-refractivity contribution is 0.111. The normalized spacial score (nSPS) is 10.3. The van der Waals surface area contributed by atoms with Crippen LogP contribution in [0.3, 0.4) is 0 Å². The van der Waals surface area contributed by atoms with Gasteiger partial charge in [-0.3, -0.25) is 4.79 Å². The van der Waals surface area contributed by atoms with Gasteiger partial charge < -0.3 is 4.74 Å². The molecule has 2 nitrogen and oxygen atoms in total. The van der Waals surface area contributed by atoms with Crippen LogP contribution >= 0.6 is 11.6 Å². The van der Waals surface area contributed by atoms with E-state index in [-0.39, 0.29) is 0 Å². The third-order valence-electron chi connectivity index (χ3n) is 3.16. The summed E-state index contributed by atoms with van der Waals surface area (Å²) in [4.78, 5) is 11.1. The van der Waals surface area contributed by atoms with Gasteiger partial charge in [0.2, 0.25) is 0 Å². The van der Waals surface area contributed by atoms with E-state index in [4.69, 9.17) is 16.3 Å². The van der Waals surface area contributed by atoms with Crippen LogP contribution in [0.2, 0.25) is 5.02 Å². The fourth-order valence-corrected chi connectivity index (χ4v) is 2.05. The number of aldehydes is 1. The summed E-state index contributed by atoms with van der Waals surface area (Å²) in [6.07, 6.45) is 0.814. The molecule has 0 atom stereocenters. The minimum Gasteiger partial charge on any atom is -0.488 e. The number of hydrogen-bond donors (Lipinski definition) is 0. The van der Waals surface area contributed by atoms with Gasteiger partial charge in [0.1, 0.15) is 12.4 Å². The Bertz CT molecular complexity index is 606. The molecule has 19 heavy (non-hydrogen) atoms. The molecule has 0 aliphatic heterocycles. The number of carbonyl (C=O) groups excluding carboxylic acids is 1. The maximum Gasteiger partial charge on any atom is 0.153 e. The number of carbonyl (C=O) groups is 1. The summed E-state index contributed by atoms with van der Waals surface area (Å²) >= 11 is 6.09. The molecule has 0 bridgehead atoms. The molecular formula is C16H15ClO2. The highest BCUT2D eigenvalue weighted by atomic mass is 35.5. The van der Waals surface area contributed by atoms with E-state index in [0.717, 1.165) is 23.0 Å². The molecule has 0 N–H and O–H groups in total. The van der Waals surface area contributed by atoms with Crippen LogP contribution in [0.25, 0.3) is 0 Å². The number of benzene rings is 2. The van der Waals surface area contributed by atoms with E-state index in [1.165, 1.54) is 0 Å². The van der Waals surface area contributed by atoms with Crippen molar-refractivity contribution in [3.8, 4) is 5.75 Å². The first kappa shape index (κ1) is 13.6. The molecule has 0 saturated heterocycles. The molecule has 2 aromatic carbocycles. The van der Waals surface area contributed by atoms with Gasteiger partial charge in [0, 0.05) is 10.6 Å². The van der Waals surface area contributed by atoms with E-state index in [2.05, 4.69) is 0 Å². The van der Waals surface area contributed by atoms with E-state index in [9.17, 15) is 4.79 Å². The maximum absolute atomic E-state index is 11.1. The fourth-order valence-electron chi connectivity index (χ4n) is 1.86. The number of rotatable bonds is 4. The first-order valence-electron chi connectivity index (χ1n) is 6.05. The Morgan fingerprint density at radius 1 is 1.16 bits per heavy atom. The van der Waals surface area contributed by atoms with Crippen molar-refractivity contribution < 1.29 is 9.53 Å². The van der Waals surface area contributed by atoms with Crippen LogP contribution in [0.4, 0.5) is 0 Å². The highest BCUT2D eigenvalue weighted by Crippen LogP contribution is 2.27. The Kier molecular flexibility index (Phi) is 4.23. The smallest absolute Gasteiger partial charge is 0.153 e. The van der Waals surface area contributed by atoms with E-state index in [1.54, 1.807) is 6.07 Å². The lowest BCUT2D eigenvalue weighted by Crippen LogP contribution is -2.02. The van der Waals surface area contributed by atoms with Crippen LogP contribution in [0.15, 0.2) is 36.4 Å². The standard InChI is InChI=1S/C16H15ClO2/c1-11-7-8-13(9-18)16(12(11)2)19-10-14-5-3-4-6-15(14)17/h3-9H,10H2,1-2H3. The Morgan fingerprint density at radius 2 is 1.89 bits per heavy atom.